The second-order valence-electron chi connectivity index (χ2n) is 4.22. The number of alkyl halides is 6. The maximum atomic E-state index is 12.7. The number of aromatic amines is 1. The molecular weight excluding hydrogens is 316 g/mol. The van der Waals surface area contributed by atoms with Gasteiger partial charge < -0.3 is 5.32 Å². The fourth-order valence-electron chi connectivity index (χ4n) is 1.61. The molecule has 2 aromatic rings. The van der Waals surface area contributed by atoms with E-state index in [1.165, 1.54) is 12.3 Å². The molecule has 0 unspecified atom stereocenters. The fraction of sp³-hybridized carbons (Fsp3) is 0.167. The summed E-state index contributed by atoms with van der Waals surface area (Å²) in [5.41, 5.74) is -3.75. The topological polar surface area (TPSA) is 57.8 Å². The van der Waals surface area contributed by atoms with Gasteiger partial charge in [-0.1, -0.05) is 0 Å². The van der Waals surface area contributed by atoms with Gasteiger partial charge in [0.2, 0.25) is 0 Å². The molecule has 1 aromatic heterocycles. The zero-order chi connectivity index (χ0) is 16.5. The molecule has 10 heteroatoms. The summed E-state index contributed by atoms with van der Waals surface area (Å²) < 4.78 is 75.9. The van der Waals surface area contributed by atoms with E-state index >= 15 is 0 Å². The zero-order valence-corrected chi connectivity index (χ0v) is 10.5. The molecule has 0 saturated heterocycles. The van der Waals surface area contributed by atoms with Crippen molar-refractivity contribution in [2.45, 2.75) is 12.4 Å². The van der Waals surface area contributed by atoms with E-state index in [9.17, 15) is 31.1 Å². The fourth-order valence-corrected chi connectivity index (χ4v) is 1.61. The number of benzene rings is 1. The number of carbonyl (C=O) groups is 1. The van der Waals surface area contributed by atoms with Crippen LogP contribution >= 0.6 is 0 Å². The highest BCUT2D eigenvalue weighted by Crippen LogP contribution is 2.37. The third-order valence-electron chi connectivity index (χ3n) is 2.59. The molecule has 1 aromatic carbocycles. The van der Waals surface area contributed by atoms with Gasteiger partial charge in [-0.05, 0) is 24.3 Å². The van der Waals surface area contributed by atoms with E-state index < -0.39 is 35.1 Å². The average molecular weight is 323 g/mol. The van der Waals surface area contributed by atoms with Crippen LogP contribution in [0, 0.1) is 0 Å². The lowest BCUT2D eigenvalue weighted by Crippen LogP contribution is -2.16. The summed E-state index contributed by atoms with van der Waals surface area (Å²) in [7, 11) is 0. The molecule has 0 aliphatic carbocycles. The number of rotatable bonds is 2. The number of nitrogens with zero attached hydrogens (tertiary/aromatic N) is 1. The van der Waals surface area contributed by atoms with E-state index in [2.05, 4.69) is 10.2 Å². The molecule has 1 heterocycles. The number of H-pyrrole nitrogens is 1. The van der Waals surface area contributed by atoms with Crippen molar-refractivity contribution in [2.24, 2.45) is 0 Å². The number of anilines is 1. The molecule has 0 aliphatic rings. The van der Waals surface area contributed by atoms with E-state index in [4.69, 9.17) is 0 Å². The first-order chi connectivity index (χ1) is 10.1. The predicted octanol–water partition coefficient (Wildman–Crippen LogP) is 3.70. The van der Waals surface area contributed by atoms with Gasteiger partial charge in [-0.25, -0.2) is 0 Å². The second-order valence-corrected chi connectivity index (χ2v) is 4.22. The van der Waals surface area contributed by atoms with E-state index in [0.29, 0.717) is 12.1 Å². The molecule has 2 N–H and O–H groups in total. The first-order valence-corrected chi connectivity index (χ1v) is 5.67. The smallest absolute Gasteiger partial charge is 0.321 e. The Kier molecular flexibility index (Phi) is 3.86. The van der Waals surface area contributed by atoms with Crippen LogP contribution in [0.3, 0.4) is 0 Å². The highest BCUT2D eigenvalue weighted by atomic mass is 19.4. The summed E-state index contributed by atoms with van der Waals surface area (Å²) in [6.07, 6.45) is -8.74. The van der Waals surface area contributed by atoms with E-state index in [0.717, 1.165) is 0 Å². The van der Waals surface area contributed by atoms with E-state index in [1.54, 1.807) is 0 Å². The first-order valence-electron chi connectivity index (χ1n) is 5.67. The summed E-state index contributed by atoms with van der Waals surface area (Å²) in [5, 5.41) is 7.65. The zero-order valence-electron chi connectivity index (χ0n) is 10.5. The summed E-state index contributed by atoms with van der Waals surface area (Å²) in [6, 6.07) is 2.03. The van der Waals surface area contributed by atoms with Crippen LogP contribution in [0.2, 0.25) is 0 Å². The van der Waals surface area contributed by atoms with Gasteiger partial charge in [0.1, 0.15) is 5.69 Å². The third kappa shape index (κ3) is 3.57. The van der Waals surface area contributed by atoms with Gasteiger partial charge >= 0.3 is 12.4 Å². The Morgan fingerprint density at radius 2 is 1.55 bits per heavy atom. The quantitative estimate of drug-likeness (QED) is 0.828. The number of halogens is 6. The minimum atomic E-state index is -4.98. The van der Waals surface area contributed by atoms with Gasteiger partial charge in [-0.15, -0.1) is 0 Å². The van der Waals surface area contributed by atoms with Crippen molar-refractivity contribution in [1.29, 1.82) is 0 Å². The maximum absolute atomic E-state index is 12.7. The summed E-state index contributed by atoms with van der Waals surface area (Å²) in [5.74, 6) is -0.912. The lowest BCUT2D eigenvalue weighted by molar-refractivity contribution is -0.143. The Morgan fingerprint density at radius 1 is 1.00 bits per heavy atom. The Bertz CT molecular complexity index is 643. The number of aromatic nitrogens is 2. The van der Waals surface area contributed by atoms with Crippen LogP contribution < -0.4 is 5.32 Å². The summed E-state index contributed by atoms with van der Waals surface area (Å²) in [6.45, 7) is 0. The van der Waals surface area contributed by atoms with Crippen LogP contribution in [0.25, 0.3) is 0 Å². The summed E-state index contributed by atoms with van der Waals surface area (Å²) in [4.78, 5) is 11.7. The van der Waals surface area contributed by atoms with Crippen LogP contribution in [0.4, 0.5) is 32.0 Å². The SMILES string of the molecule is O=C(Nc1cc(C(F)(F)F)cc(C(F)(F)F)c1)c1ccn[nH]1. The molecule has 118 valence electrons. The highest BCUT2D eigenvalue weighted by molar-refractivity contribution is 6.02. The Balaban J connectivity index is 2.40. The Morgan fingerprint density at radius 3 is 1.95 bits per heavy atom. The van der Waals surface area contributed by atoms with Crippen LogP contribution in [0.15, 0.2) is 30.5 Å². The predicted molar refractivity (Wildman–Crippen MR) is 63.0 cm³/mol. The Labute approximate surface area is 119 Å². The van der Waals surface area contributed by atoms with Gasteiger partial charge in [-0.3, -0.25) is 9.89 Å². The minimum absolute atomic E-state index is 0.0220. The third-order valence-corrected chi connectivity index (χ3v) is 2.59. The Hall–Kier alpha value is -2.52. The largest absolute Gasteiger partial charge is 0.416 e. The molecule has 0 bridgehead atoms. The molecule has 0 radical (unpaired) electrons. The molecule has 0 atom stereocenters. The lowest BCUT2D eigenvalue weighted by Gasteiger charge is -2.14. The summed E-state index contributed by atoms with van der Waals surface area (Å²) >= 11 is 0. The molecule has 1 amide bonds. The number of hydrogen-bond acceptors (Lipinski definition) is 2. The number of amides is 1. The normalized spacial score (nSPS) is 12.3. The van der Waals surface area contributed by atoms with Crippen molar-refractivity contribution in [2.75, 3.05) is 5.32 Å². The molecule has 4 nitrogen and oxygen atoms in total. The van der Waals surface area contributed by atoms with Gasteiger partial charge in [0.05, 0.1) is 11.1 Å². The molecular formula is C12H7F6N3O. The number of nitrogens with one attached hydrogen (secondary N) is 2. The standard InChI is InChI=1S/C12H7F6N3O/c13-11(14,15)6-3-7(12(16,17)18)5-8(4-6)20-10(22)9-1-2-19-21-9/h1-5H,(H,19,21)(H,20,22). The minimum Gasteiger partial charge on any atom is -0.321 e. The number of hydrogen-bond donors (Lipinski definition) is 2. The van der Waals surface area contributed by atoms with E-state index in [1.807, 2.05) is 5.32 Å². The van der Waals surface area contributed by atoms with Crippen molar-refractivity contribution < 1.29 is 31.1 Å². The molecule has 0 aliphatic heterocycles. The van der Waals surface area contributed by atoms with Crippen LogP contribution in [-0.4, -0.2) is 16.1 Å². The van der Waals surface area contributed by atoms with Crippen molar-refractivity contribution >= 4 is 11.6 Å². The number of carbonyl (C=O) groups excluding carboxylic acids is 1. The van der Waals surface area contributed by atoms with Crippen molar-refractivity contribution in [3.63, 3.8) is 0 Å². The van der Waals surface area contributed by atoms with Gasteiger partial charge in [-0.2, -0.15) is 31.4 Å². The second kappa shape index (κ2) is 5.35. The van der Waals surface area contributed by atoms with Crippen molar-refractivity contribution in [3.8, 4) is 0 Å². The molecule has 22 heavy (non-hydrogen) atoms. The van der Waals surface area contributed by atoms with Crippen molar-refractivity contribution in [1.82, 2.24) is 10.2 Å². The van der Waals surface area contributed by atoms with E-state index in [-0.39, 0.29) is 11.8 Å². The maximum Gasteiger partial charge on any atom is 0.416 e. The molecule has 0 saturated carbocycles. The van der Waals surface area contributed by atoms with Crippen molar-refractivity contribution in [3.05, 3.63) is 47.3 Å². The van der Waals surface area contributed by atoms with Gasteiger partial charge in [0.25, 0.3) is 5.91 Å². The van der Waals surface area contributed by atoms with Gasteiger partial charge in [0.15, 0.2) is 0 Å². The average Bonchev–Trinajstić information content (AvgIpc) is 2.90. The first kappa shape index (κ1) is 15.9. The van der Waals surface area contributed by atoms with Gasteiger partial charge in [0, 0.05) is 11.9 Å². The molecule has 2 rings (SSSR count). The van der Waals surface area contributed by atoms with Crippen LogP contribution in [0.1, 0.15) is 21.6 Å². The molecule has 0 fully saturated rings. The monoisotopic (exact) mass is 323 g/mol. The van der Waals surface area contributed by atoms with Crippen LogP contribution in [0.5, 0.6) is 0 Å². The van der Waals surface area contributed by atoms with Crippen LogP contribution in [-0.2, 0) is 12.4 Å². The molecule has 0 spiro atoms. The highest BCUT2D eigenvalue weighted by Gasteiger charge is 2.37. The lowest BCUT2D eigenvalue weighted by atomic mass is 10.1.